The number of rotatable bonds is 6. The van der Waals surface area contributed by atoms with Crippen molar-refractivity contribution in [3.63, 3.8) is 0 Å². The number of carbonyl (C=O) groups is 1. The third-order valence-electron chi connectivity index (χ3n) is 3.38. The van der Waals surface area contributed by atoms with Crippen molar-refractivity contribution in [2.45, 2.75) is 45.6 Å². The zero-order chi connectivity index (χ0) is 12.7. The van der Waals surface area contributed by atoms with Gasteiger partial charge in [-0.15, -0.1) is 0 Å². The second-order valence-corrected chi connectivity index (χ2v) is 4.73. The van der Waals surface area contributed by atoms with Gasteiger partial charge in [-0.1, -0.05) is 13.8 Å². The van der Waals surface area contributed by atoms with Crippen LogP contribution in [0.25, 0.3) is 0 Å². The van der Waals surface area contributed by atoms with E-state index in [1.165, 1.54) is 0 Å². The van der Waals surface area contributed by atoms with Crippen LogP contribution in [0.15, 0.2) is 0 Å². The van der Waals surface area contributed by atoms with Gasteiger partial charge in [-0.2, -0.15) is 0 Å². The van der Waals surface area contributed by atoms with Crippen LogP contribution < -0.4 is 0 Å². The molecule has 0 saturated carbocycles. The molecule has 0 aliphatic carbocycles. The fraction of sp³-hybridized carbons (Fsp3) is 0.923. The molecular weight excluding hydrogens is 218 g/mol. The Kier molecular flexibility index (Phi) is 6.52. The fourth-order valence-corrected chi connectivity index (χ4v) is 2.21. The van der Waals surface area contributed by atoms with Crippen LogP contribution in [-0.4, -0.2) is 48.3 Å². The molecule has 1 aliphatic rings. The first-order valence-corrected chi connectivity index (χ1v) is 6.72. The highest BCUT2D eigenvalue weighted by Gasteiger charge is 2.28. The van der Waals surface area contributed by atoms with Gasteiger partial charge in [0.05, 0.1) is 19.1 Å². The SMILES string of the molecule is CCCOCCC(=O)N1CCC(O)C(CC)C1. The van der Waals surface area contributed by atoms with E-state index in [0.29, 0.717) is 32.5 Å². The van der Waals surface area contributed by atoms with Gasteiger partial charge in [-0.25, -0.2) is 0 Å². The summed E-state index contributed by atoms with van der Waals surface area (Å²) in [6.45, 7) is 6.74. The number of piperidine rings is 1. The third kappa shape index (κ3) is 4.64. The summed E-state index contributed by atoms with van der Waals surface area (Å²) in [6, 6.07) is 0. The van der Waals surface area contributed by atoms with E-state index in [1.807, 2.05) is 4.90 Å². The van der Waals surface area contributed by atoms with Crippen LogP contribution in [0.1, 0.15) is 39.5 Å². The van der Waals surface area contributed by atoms with E-state index in [2.05, 4.69) is 13.8 Å². The van der Waals surface area contributed by atoms with Crippen LogP contribution in [-0.2, 0) is 9.53 Å². The molecule has 0 aromatic carbocycles. The van der Waals surface area contributed by atoms with E-state index in [9.17, 15) is 9.90 Å². The second kappa shape index (κ2) is 7.67. The number of aliphatic hydroxyl groups is 1. The predicted octanol–water partition coefficient (Wildman–Crippen LogP) is 1.42. The molecule has 1 N–H and O–H groups in total. The Bertz CT molecular complexity index is 233. The third-order valence-corrected chi connectivity index (χ3v) is 3.38. The molecule has 1 aliphatic heterocycles. The minimum Gasteiger partial charge on any atom is -0.393 e. The number of aliphatic hydroxyl groups excluding tert-OH is 1. The minimum atomic E-state index is -0.236. The molecule has 0 aromatic rings. The van der Waals surface area contributed by atoms with E-state index in [0.717, 1.165) is 19.4 Å². The van der Waals surface area contributed by atoms with E-state index in [-0.39, 0.29) is 17.9 Å². The standard InChI is InChI=1S/C13H25NO3/c1-3-8-17-9-6-13(16)14-7-5-12(15)11(4-2)10-14/h11-12,15H,3-10H2,1-2H3. The number of likely N-dealkylation sites (tertiary alicyclic amines) is 1. The lowest BCUT2D eigenvalue weighted by atomic mass is 9.92. The van der Waals surface area contributed by atoms with Gasteiger partial charge in [0.2, 0.25) is 5.91 Å². The van der Waals surface area contributed by atoms with Crippen LogP contribution >= 0.6 is 0 Å². The van der Waals surface area contributed by atoms with Gasteiger partial charge in [0.1, 0.15) is 0 Å². The summed E-state index contributed by atoms with van der Waals surface area (Å²) in [4.78, 5) is 13.8. The predicted molar refractivity (Wildman–Crippen MR) is 66.7 cm³/mol. The van der Waals surface area contributed by atoms with Crippen molar-refractivity contribution < 1.29 is 14.6 Å². The first-order valence-electron chi connectivity index (χ1n) is 6.72. The van der Waals surface area contributed by atoms with Gasteiger partial charge >= 0.3 is 0 Å². The lowest BCUT2D eigenvalue weighted by molar-refractivity contribution is -0.136. The fourth-order valence-electron chi connectivity index (χ4n) is 2.21. The van der Waals surface area contributed by atoms with Crippen LogP contribution in [0.5, 0.6) is 0 Å². The summed E-state index contributed by atoms with van der Waals surface area (Å²) in [6.07, 6.45) is 2.85. The molecule has 1 saturated heterocycles. The summed E-state index contributed by atoms with van der Waals surface area (Å²) < 4.78 is 5.32. The van der Waals surface area contributed by atoms with Crippen molar-refractivity contribution in [1.82, 2.24) is 4.90 Å². The Morgan fingerprint density at radius 1 is 1.41 bits per heavy atom. The number of carbonyl (C=O) groups excluding carboxylic acids is 1. The zero-order valence-electron chi connectivity index (χ0n) is 11.0. The first-order chi connectivity index (χ1) is 8.19. The summed E-state index contributed by atoms with van der Waals surface area (Å²) in [5.74, 6) is 0.399. The summed E-state index contributed by atoms with van der Waals surface area (Å²) >= 11 is 0. The van der Waals surface area contributed by atoms with Crippen LogP contribution in [0.4, 0.5) is 0 Å². The Balaban J connectivity index is 2.27. The maximum absolute atomic E-state index is 11.9. The van der Waals surface area contributed by atoms with Gasteiger partial charge in [0.15, 0.2) is 0 Å². The van der Waals surface area contributed by atoms with Gasteiger partial charge in [0, 0.05) is 25.6 Å². The smallest absolute Gasteiger partial charge is 0.224 e. The van der Waals surface area contributed by atoms with Crippen LogP contribution in [0.3, 0.4) is 0 Å². The maximum Gasteiger partial charge on any atom is 0.224 e. The number of hydrogen-bond donors (Lipinski definition) is 1. The van der Waals surface area contributed by atoms with E-state index in [4.69, 9.17) is 4.74 Å². The topological polar surface area (TPSA) is 49.8 Å². The Morgan fingerprint density at radius 2 is 2.18 bits per heavy atom. The number of nitrogens with zero attached hydrogens (tertiary/aromatic N) is 1. The van der Waals surface area contributed by atoms with Crippen molar-refractivity contribution in [3.8, 4) is 0 Å². The van der Waals surface area contributed by atoms with Gasteiger partial charge in [-0.3, -0.25) is 4.79 Å². The quantitative estimate of drug-likeness (QED) is 0.718. The molecule has 4 nitrogen and oxygen atoms in total. The summed E-state index contributed by atoms with van der Waals surface area (Å²) in [7, 11) is 0. The average molecular weight is 243 g/mol. The minimum absolute atomic E-state index is 0.159. The number of amides is 1. The average Bonchev–Trinajstić information content (AvgIpc) is 2.35. The molecule has 0 aromatic heterocycles. The first kappa shape index (κ1) is 14.5. The van der Waals surface area contributed by atoms with Crippen molar-refractivity contribution in [1.29, 1.82) is 0 Å². The van der Waals surface area contributed by atoms with Gasteiger partial charge < -0.3 is 14.7 Å². The number of hydrogen-bond acceptors (Lipinski definition) is 3. The summed E-state index contributed by atoms with van der Waals surface area (Å²) in [5, 5.41) is 9.75. The molecule has 100 valence electrons. The van der Waals surface area contributed by atoms with Crippen molar-refractivity contribution >= 4 is 5.91 Å². The molecule has 1 fully saturated rings. The van der Waals surface area contributed by atoms with E-state index in [1.54, 1.807) is 0 Å². The Labute approximate surface area is 104 Å². The normalized spacial score (nSPS) is 25.0. The Morgan fingerprint density at radius 3 is 2.82 bits per heavy atom. The molecule has 2 atom stereocenters. The van der Waals surface area contributed by atoms with Gasteiger partial charge in [0.25, 0.3) is 0 Å². The molecule has 0 radical (unpaired) electrons. The van der Waals surface area contributed by atoms with Crippen molar-refractivity contribution in [3.05, 3.63) is 0 Å². The lowest BCUT2D eigenvalue weighted by Gasteiger charge is -2.35. The highest BCUT2D eigenvalue weighted by Crippen LogP contribution is 2.20. The molecule has 2 unspecified atom stereocenters. The molecule has 1 heterocycles. The molecule has 0 bridgehead atoms. The van der Waals surface area contributed by atoms with Crippen molar-refractivity contribution in [2.75, 3.05) is 26.3 Å². The van der Waals surface area contributed by atoms with Crippen molar-refractivity contribution in [2.24, 2.45) is 5.92 Å². The maximum atomic E-state index is 11.9. The molecule has 17 heavy (non-hydrogen) atoms. The zero-order valence-corrected chi connectivity index (χ0v) is 11.0. The van der Waals surface area contributed by atoms with E-state index < -0.39 is 0 Å². The highest BCUT2D eigenvalue weighted by molar-refractivity contribution is 5.76. The summed E-state index contributed by atoms with van der Waals surface area (Å²) in [5.41, 5.74) is 0. The molecule has 1 amide bonds. The molecule has 0 spiro atoms. The second-order valence-electron chi connectivity index (χ2n) is 4.73. The molecular formula is C13H25NO3. The van der Waals surface area contributed by atoms with Gasteiger partial charge in [-0.05, 0) is 19.3 Å². The van der Waals surface area contributed by atoms with E-state index >= 15 is 0 Å². The number of ether oxygens (including phenoxy) is 1. The van der Waals surface area contributed by atoms with Crippen LogP contribution in [0.2, 0.25) is 0 Å². The lowest BCUT2D eigenvalue weighted by Crippen LogP contribution is -2.46. The molecule has 4 heteroatoms. The highest BCUT2D eigenvalue weighted by atomic mass is 16.5. The Hall–Kier alpha value is -0.610. The van der Waals surface area contributed by atoms with Crippen LogP contribution in [0, 0.1) is 5.92 Å². The largest absolute Gasteiger partial charge is 0.393 e. The monoisotopic (exact) mass is 243 g/mol. The molecule has 1 rings (SSSR count).